The number of phenolic OH excluding ortho intramolecular Hbond substituents is 1. The third-order valence-electron chi connectivity index (χ3n) is 2.13. The van der Waals surface area contributed by atoms with Crippen LogP contribution in [0.15, 0.2) is 24.3 Å². The molecular formula is C11H14O4S. The van der Waals surface area contributed by atoms with E-state index in [4.69, 9.17) is 5.11 Å². The monoisotopic (exact) mass is 242 g/mol. The number of aliphatic carboxylic acids is 1. The minimum absolute atomic E-state index is 0.106. The van der Waals surface area contributed by atoms with Crippen LogP contribution in [-0.4, -0.2) is 25.6 Å². The topological polar surface area (TPSA) is 74.6 Å². The lowest BCUT2D eigenvalue weighted by atomic mass is 10.2. The summed E-state index contributed by atoms with van der Waals surface area (Å²) in [5, 5.41) is 17.4. The summed E-state index contributed by atoms with van der Waals surface area (Å²) in [5.41, 5.74) is 0.746. The zero-order chi connectivity index (χ0) is 12.1. The van der Waals surface area contributed by atoms with Crippen molar-refractivity contribution in [3.63, 3.8) is 0 Å². The largest absolute Gasteiger partial charge is 0.508 e. The van der Waals surface area contributed by atoms with Crippen molar-refractivity contribution in [1.82, 2.24) is 0 Å². The lowest BCUT2D eigenvalue weighted by molar-refractivity contribution is -0.136. The van der Waals surface area contributed by atoms with Crippen LogP contribution in [0.1, 0.15) is 18.9 Å². The molecule has 0 aliphatic heterocycles. The van der Waals surface area contributed by atoms with Crippen molar-refractivity contribution >= 4 is 16.8 Å². The first kappa shape index (κ1) is 12.7. The minimum atomic E-state index is -1.24. The molecule has 1 rings (SSSR count). The number of aromatic hydroxyl groups is 1. The molecule has 4 nitrogen and oxygen atoms in total. The first-order valence-corrected chi connectivity index (χ1v) is 6.24. The maximum Gasteiger partial charge on any atom is 0.304 e. The van der Waals surface area contributed by atoms with Gasteiger partial charge in [0.2, 0.25) is 0 Å². The summed E-state index contributed by atoms with van der Waals surface area (Å²) in [6.07, 6.45) is -0.106. The lowest BCUT2D eigenvalue weighted by Crippen LogP contribution is -2.17. The molecule has 0 saturated heterocycles. The highest BCUT2D eigenvalue weighted by Crippen LogP contribution is 2.14. The molecule has 1 aromatic carbocycles. The van der Waals surface area contributed by atoms with Crippen molar-refractivity contribution in [2.24, 2.45) is 0 Å². The quantitative estimate of drug-likeness (QED) is 0.820. The Balaban J connectivity index is 2.60. The molecule has 88 valence electrons. The fourth-order valence-corrected chi connectivity index (χ4v) is 2.41. The van der Waals surface area contributed by atoms with Gasteiger partial charge in [-0.3, -0.25) is 9.00 Å². The normalized spacial score (nSPS) is 14.3. The first-order valence-electron chi connectivity index (χ1n) is 4.86. The van der Waals surface area contributed by atoms with E-state index in [9.17, 15) is 14.1 Å². The molecule has 0 radical (unpaired) electrons. The van der Waals surface area contributed by atoms with Crippen molar-refractivity contribution in [1.29, 1.82) is 0 Å². The second kappa shape index (κ2) is 5.65. The van der Waals surface area contributed by atoms with E-state index in [1.807, 2.05) is 0 Å². The second-order valence-corrected chi connectivity index (χ2v) is 5.46. The molecule has 5 heteroatoms. The summed E-state index contributed by atoms with van der Waals surface area (Å²) in [7, 11) is -1.24. The van der Waals surface area contributed by atoms with Crippen LogP contribution in [0.5, 0.6) is 5.75 Å². The summed E-state index contributed by atoms with van der Waals surface area (Å²) in [6.45, 7) is 1.65. The van der Waals surface area contributed by atoms with Crippen molar-refractivity contribution in [3.8, 4) is 5.75 Å². The minimum Gasteiger partial charge on any atom is -0.508 e. The molecular weight excluding hydrogens is 228 g/mol. The van der Waals surface area contributed by atoms with Crippen LogP contribution < -0.4 is 0 Å². The van der Waals surface area contributed by atoms with E-state index in [0.29, 0.717) is 0 Å². The van der Waals surface area contributed by atoms with Gasteiger partial charge in [-0.05, 0) is 17.7 Å². The average molecular weight is 242 g/mol. The van der Waals surface area contributed by atoms with Crippen LogP contribution in [0, 0.1) is 0 Å². The molecule has 0 amide bonds. The Morgan fingerprint density at radius 3 is 2.75 bits per heavy atom. The van der Waals surface area contributed by atoms with Crippen LogP contribution >= 0.6 is 0 Å². The first-order chi connectivity index (χ1) is 7.49. The number of phenols is 1. The molecule has 0 bridgehead atoms. The van der Waals surface area contributed by atoms with Gasteiger partial charge in [-0.1, -0.05) is 19.1 Å². The van der Waals surface area contributed by atoms with Gasteiger partial charge in [0.25, 0.3) is 0 Å². The molecule has 0 aromatic heterocycles. The predicted octanol–water partition coefficient (Wildman–Crippen LogP) is 1.50. The number of carbonyl (C=O) groups is 1. The zero-order valence-corrected chi connectivity index (χ0v) is 9.74. The van der Waals surface area contributed by atoms with Gasteiger partial charge in [-0.15, -0.1) is 0 Å². The highest BCUT2D eigenvalue weighted by molar-refractivity contribution is 7.84. The fourth-order valence-electron chi connectivity index (χ4n) is 1.29. The Morgan fingerprint density at radius 2 is 2.19 bits per heavy atom. The fraction of sp³-hybridized carbons (Fsp3) is 0.364. The van der Waals surface area contributed by atoms with E-state index >= 15 is 0 Å². The average Bonchev–Trinajstić information content (AvgIpc) is 2.16. The van der Waals surface area contributed by atoms with Crippen LogP contribution in [0.4, 0.5) is 0 Å². The van der Waals surface area contributed by atoms with Gasteiger partial charge in [0, 0.05) is 21.8 Å². The number of rotatable bonds is 5. The van der Waals surface area contributed by atoms with Crippen LogP contribution in [-0.2, 0) is 21.3 Å². The molecule has 0 aliphatic rings. The van der Waals surface area contributed by atoms with Crippen LogP contribution in [0.2, 0.25) is 0 Å². The third kappa shape index (κ3) is 4.02. The van der Waals surface area contributed by atoms with E-state index in [-0.39, 0.29) is 23.2 Å². The third-order valence-corrected chi connectivity index (χ3v) is 3.81. The highest BCUT2D eigenvalue weighted by Gasteiger charge is 2.15. The van der Waals surface area contributed by atoms with Gasteiger partial charge in [0.05, 0.1) is 6.42 Å². The molecule has 0 aliphatic carbocycles. The van der Waals surface area contributed by atoms with Crippen molar-refractivity contribution < 1.29 is 19.2 Å². The maximum atomic E-state index is 11.7. The van der Waals surface area contributed by atoms with Gasteiger partial charge in [0.1, 0.15) is 5.75 Å². The summed E-state index contributed by atoms with van der Waals surface area (Å²) in [6, 6.07) is 6.49. The van der Waals surface area contributed by atoms with Gasteiger partial charge in [-0.25, -0.2) is 0 Å². The molecule has 1 aromatic rings. The van der Waals surface area contributed by atoms with E-state index in [0.717, 1.165) is 5.56 Å². The molecule has 2 unspecified atom stereocenters. The number of benzene rings is 1. The van der Waals surface area contributed by atoms with Crippen molar-refractivity contribution in [2.75, 3.05) is 0 Å². The summed E-state index contributed by atoms with van der Waals surface area (Å²) < 4.78 is 11.7. The number of hydrogen-bond donors (Lipinski definition) is 2. The number of carboxylic acids is 1. The van der Waals surface area contributed by atoms with Gasteiger partial charge < -0.3 is 10.2 Å². The lowest BCUT2D eigenvalue weighted by Gasteiger charge is -2.08. The zero-order valence-electron chi connectivity index (χ0n) is 8.92. The summed E-state index contributed by atoms with van der Waals surface area (Å²) in [5.74, 6) is -0.555. The van der Waals surface area contributed by atoms with Crippen molar-refractivity contribution in [2.45, 2.75) is 24.3 Å². The molecule has 16 heavy (non-hydrogen) atoms. The number of carboxylic acid groups (broad SMARTS) is 1. The predicted molar refractivity (Wildman–Crippen MR) is 61.7 cm³/mol. The van der Waals surface area contributed by atoms with E-state index < -0.39 is 16.8 Å². The van der Waals surface area contributed by atoms with Crippen LogP contribution in [0.25, 0.3) is 0 Å². The molecule has 0 spiro atoms. The van der Waals surface area contributed by atoms with E-state index in [1.165, 1.54) is 12.1 Å². The summed E-state index contributed by atoms with van der Waals surface area (Å²) in [4.78, 5) is 10.4. The van der Waals surface area contributed by atoms with Gasteiger partial charge in [-0.2, -0.15) is 0 Å². The standard InChI is InChI=1S/C11H14O4S/c1-8(5-11(13)14)16(15)7-9-3-2-4-10(12)6-9/h2-4,6,8,12H,5,7H2,1H3,(H,13,14). The Bertz CT molecular complexity index is 403. The highest BCUT2D eigenvalue weighted by atomic mass is 32.2. The van der Waals surface area contributed by atoms with Gasteiger partial charge in [0.15, 0.2) is 0 Å². The Kier molecular flexibility index (Phi) is 4.49. The second-order valence-electron chi connectivity index (χ2n) is 3.60. The smallest absolute Gasteiger partial charge is 0.304 e. The Hall–Kier alpha value is -1.36. The summed E-state index contributed by atoms with van der Waals surface area (Å²) >= 11 is 0. The van der Waals surface area contributed by atoms with Gasteiger partial charge >= 0.3 is 5.97 Å². The SMILES string of the molecule is CC(CC(=O)O)S(=O)Cc1cccc(O)c1. The molecule has 0 saturated carbocycles. The molecule has 2 atom stereocenters. The van der Waals surface area contributed by atoms with Crippen LogP contribution in [0.3, 0.4) is 0 Å². The maximum absolute atomic E-state index is 11.7. The van der Waals surface area contributed by atoms with E-state index in [1.54, 1.807) is 19.1 Å². The van der Waals surface area contributed by atoms with Crippen molar-refractivity contribution in [3.05, 3.63) is 29.8 Å². The van der Waals surface area contributed by atoms with E-state index in [2.05, 4.69) is 0 Å². The molecule has 0 heterocycles. The molecule has 2 N–H and O–H groups in total. The Labute approximate surface area is 96.4 Å². The number of hydrogen-bond acceptors (Lipinski definition) is 3. The Morgan fingerprint density at radius 1 is 1.50 bits per heavy atom. The molecule has 0 fully saturated rings.